The molecule has 0 radical (unpaired) electrons. The maximum absolute atomic E-state index is 12.5. The number of hydrogen-bond acceptors (Lipinski definition) is 2. The van der Waals surface area contributed by atoms with Crippen molar-refractivity contribution >= 4 is 5.91 Å². The minimum absolute atomic E-state index is 0.102. The van der Waals surface area contributed by atoms with Gasteiger partial charge < -0.3 is 10.0 Å². The van der Waals surface area contributed by atoms with E-state index in [0.29, 0.717) is 0 Å². The Hall–Kier alpha value is -1.79. The van der Waals surface area contributed by atoms with Crippen LogP contribution in [0.4, 0.5) is 0 Å². The topological polar surface area (TPSA) is 40.5 Å². The molecular weight excluding hydrogens is 238 g/mol. The summed E-state index contributed by atoms with van der Waals surface area (Å²) in [5, 5.41) is 8.72. The van der Waals surface area contributed by atoms with Gasteiger partial charge in [0.1, 0.15) is 6.61 Å². The molecule has 1 aromatic rings. The molecule has 0 atom stereocenters. The normalized spacial score (nSPS) is 14.7. The molecule has 1 heterocycles. The van der Waals surface area contributed by atoms with E-state index in [1.165, 1.54) is 6.42 Å². The van der Waals surface area contributed by atoms with Gasteiger partial charge in [-0.25, -0.2) is 0 Å². The third-order valence-corrected chi connectivity index (χ3v) is 3.42. The van der Waals surface area contributed by atoms with Crippen molar-refractivity contribution in [2.24, 2.45) is 0 Å². The summed E-state index contributed by atoms with van der Waals surface area (Å²) in [6.07, 6.45) is 3.40. The van der Waals surface area contributed by atoms with Crippen molar-refractivity contribution in [2.45, 2.75) is 26.2 Å². The van der Waals surface area contributed by atoms with Gasteiger partial charge in [-0.15, -0.1) is 0 Å². The second-order valence-electron chi connectivity index (χ2n) is 4.84. The highest BCUT2D eigenvalue weighted by molar-refractivity contribution is 5.96. The van der Waals surface area contributed by atoms with Crippen LogP contribution >= 0.6 is 0 Å². The summed E-state index contributed by atoms with van der Waals surface area (Å²) in [5.41, 5.74) is 2.48. The lowest BCUT2D eigenvalue weighted by atomic mass is 10.0. The van der Waals surface area contributed by atoms with Crippen molar-refractivity contribution in [1.82, 2.24) is 4.90 Å². The molecule has 0 saturated carbocycles. The molecule has 2 rings (SSSR count). The minimum Gasteiger partial charge on any atom is -0.384 e. The van der Waals surface area contributed by atoms with Gasteiger partial charge in [-0.05, 0) is 43.9 Å². The number of piperidine rings is 1. The Balaban J connectivity index is 2.24. The molecule has 1 aliphatic rings. The van der Waals surface area contributed by atoms with E-state index in [2.05, 4.69) is 11.8 Å². The summed E-state index contributed by atoms with van der Waals surface area (Å²) < 4.78 is 0. The molecule has 1 fully saturated rings. The van der Waals surface area contributed by atoms with Gasteiger partial charge in [0.05, 0.1) is 0 Å². The minimum atomic E-state index is -0.163. The molecule has 0 spiro atoms. The third kappa shape index (κ3) is 3.36. The molecule has 1 N–H and O–H groups in total. The molecule has 3 nitrogen and oxygen atoms in total. The predicted molar refractivity (Wildman–Crippen MR) is 74.9 cm³/mol. The number of nitrogens with zero attached hydrogens (tertiary/aromatic N) is 1. The standard InChI is InChI=1S/C16H19NO2/c1-13-7-8-14(6-5-11-18)12-15(13)16(19)17-9-3-2-4-10-17/h7-8,12,18H,2-4,9-11H2,1H3. The highest BCUT2D eigenvalue weighted by Gasteiger charge is 2.19. The van der Waals surface area contributed by atoms with Crippen molar-refractivity contribution in [3.8, 4) is 11.8 Å². The van der Waals surface area contributed by atoms with Crippen LogP contribution in [0.25, 0.3) is 0 Å². The van der Waals surface area contributed by atoms with Crippen LogP contribution in [0.5, 0.6) is 0 Å². The first-order valence-electron chi connectivity index (χ1n) is 6.72. The van der Waals surface area contributed by atoms with Crippen LogP contribution in [0.1, 0.15) is 40.7 Å². The summed E-state index contributed by atoms with van der Waals surface area (Å²) in [4.78, 5) is 14.4. The molecule has 3 heteroatoms. The average Bonchev–Trinajstić information content (AvgIpc) is 2.46. The van der Waals surface area contributed by atoms with Crippen molar-refractivity contribution in [2.75, 3.05) is 19.7 Å². The first kappa shape index (κ1) is 13.6. The Morgan fingerprint density at radius 3 is 2.74 bits per heavy atom. The Labute approximate surface area is 114 Å². The lowest BCUT2D eigenvalue weighted by Gasteiger charge is -2.27. The van der Waals surface area contributed by atoms with Gasteiger partial charge in [0, 0.05) is 24.2 Å². The quantitative estimate of drug-likeness (QED) is 0.781. The Bertz CT molecular complexity index is 519. The zero-order chi connectivity index (χ0) is 13.7. The largest absolute Gasteiger partial charge is 0.384 e. The molecular formula is C16H19NO2. The molecule has 0 aliphatic carbocycles. The Morgan fingerprint density at radius 2 is 2.05 bits per heavy atom. The highest BCUT2D eigenvalue weighted by atomic mass is 16.2. The first-order valence-corrected chi connectivity index (χ1v) is 6.72. The van der Waals surface area contributed by atoms with Crippen molar-refractivity contribution in [3.05, 3.63) is 34.9 Å². The Kier molecular flexibility index (Phi) is 4.59. The van der Waals surface area contributed by atoms with Crippen LogP contribution in [0.15, 0.2) is 18.2 Å². The van der Waals surface area contributed by atoms with E-state index in [9.17, 15) is 4.79 Å². The number of hydrogen-bond donors (Lipinski definition) is 1. The predicted octanol–water partition coefficient (Wildman–Crippen LogP) is 1.96. The fourth-order valence-electron chi connectivity index (χ4n) is 2.34. The third-order valence-electron chi connectivity index (χ3n) is 3.42. The molecule has 19 heavy (non-hydrogen) atoms. The van der Waals surface area contributed by atoms with Crippen LogP contribution in [0.3, 0.4) is 0 Å². The molecule has 1 aliphatic heterocycles. The molecule has 1 saturated heterocycles. The number of aryl methyl sites for hydroxylation is 1. The summed E-state index contributed by atoms with van der Waals surface area (Å²) in [5.74, 6) is 5.56. The first-order chi connectivity index (χ1) is 9.22. The van der Waals surface area contributed by atoms with E-state index in [0.717, 1.165) is 42.6 Å². The van der Waals surface area contributed by atoms with Crippen molar-refractivity contribution in [1.29, 1.82) is 0 Å². The number of aliphatic hydroxyl groups excluding tert-OH is 1. The number of benzene rings is 1. The number of carbonyl (C=O) groups excluding carboxylic acids is 1. The van der Waals surface area contributed by atoms with E-state index >= 15 is 0 Å². The fraction of sp³-hybridized carbons (Fsp3) is 0.438. The molecule has 0 aromatic heterocycles. The van der Waals surface area contributed by atoms with Crippen LogP contribution in [0, 0.1) is 18.8 Å². The molecule has 100 valence electrons. The van der Waals surface area contributed by atoms with Gasteiger partial charge in [-0.1, -0.05) is 17.9 Å². The SMILES string of the molecule is Cc1ccc(C#CCO)cc1C(=O)N1CCCCC1. The summed E-state index contributed by atoms with van der Waals surface area (Å²) >= 11 is 0. The summed E-state index contributed by atoms with van der Waals surface area (Å²) in [6.45, 7) is 3.49. The van der Waals surface area contributed by atoms with E-state index < -0.39 is 0 Å². The highest BCUT2D eigenvalue weighted by Crippen LogP contribution is 2.17. The lowest BCUT2D eigenvalue weighted by Crippen LogP contribution is -2.36. The van der Waals surface area contributed by atoms with Crippen molar-refractivity contribution in [3.63, 3.8) is 0 Å². The smallest absolute Gasteiger partial charge is 0.254 e. The zero-order valence-corrected chi connectivity index (χ0v) is 11.3. The second-order valence-corrected chi connectivity index (χ2v) is 4.84. The number of likely N-dealkylation sites (tertiary alicyclic amines) is 1. The van der Waals surface area contributed by atoms with Gasteiger partial charge in [-0.3, -0.25) is 4.79 Å². The van der Waals surface area contributed by atoms with Crippen LogP contribution in [-0.2, 0) is 0 Å². The second kappa shape index (κ2) is 6.40. The monoisotopic (exact) mass is 257 g/mol. The molecule has 0 bridgehead atoms. The Morgan fingerprint density at radius 1 is 1.32 bits per heavy atom. The number of aliphatic hydroxyl groups is 1. The number of rotatable bonds is 1. The number of carbonyl (C=O) groups is 1. The maximum atomic E-state index is 12.5. The summed E-state index contributed by atoms with van der Waals surface area (Å²) in [6, 6.07) is 5.62. The molecule has 1 amide bonds. The van der Waals surface area contributed by atoms with E-state index in [1.54, 1.807) is 0 Å². The average molecular weight is 257 g/mol. The van der Waals surface area contributed by atoms with Gasteiger partial charge in [0.2, 0.25) is 0 Å². The maximum Gasteiger partial charge on any atom is 0.254 e. The molecule has 1 aromatic carbocycles. The van der Waals surface area contributed by atoms with E-state index in [4.69, 9.17) is 5.11 Å². The van der Waals surface area contributed by atoms with E-state index in [-0.39, 0.29) is 12.5 Å². The van der Waals surface area contributed by atoms with Crippen LogP contribution < -0.4 is 0 Å². The van der Waals surface area contributed by atoms with Crippen LogP contribution in [0.2, 0.25) is 0 Å². The zero-order valence-electron chi connectivity index (χ0n) is 11.3. The lowest BCUT2D eigenvalue weighted by molar-refractivity contribution is 0.0723. The van der Waals surface area contributed by atoms with Crippen molar-refractivity contribution < 1.29 is 9.90 Å². The van der Waals surface area contributed by atoms with Gasteiger partial charge >= 0.3 is 0 Å². The van der Waals surface area contributed by atoms with Crippen LogP contribution in [-0.4, -0.2) is 35.6 Å². The van der Waals surface area contributed by atoms with Gasteiger partial charge in [0.15, 0.2) is 0 Å². The van der Waals surface area contributed by atoms with Gasteiger partial charge in [0.25, 0.3) is 5.91 Å². The fourth-order valence-corrected chi connectivity index (χ4v) is 2.34. The summed E-state index contributed by atoms with van der Waals surface area (Å²) in [7, 11) is 0. The van der Waals surface area contributed by atoms with Gasteiger partial charge in [-0.2, -0.15) is 0 Å². The molecule has 0 unspecified atom stereocenters. The van der Waals surface area contributed by atoms with E-state index in [1.807, 2.05) is 30.0 Å². The number of amides is 1.